The van der Waals surface area contributed by atoms with Gasteiger partial charge in [0.1, 0.15) is 5.82 Å². The molecule has 6 heteroatoms. The Bertz CT molecular complexity index is 897. The van der Waals surface area contributed by atoms with E-state index in [0.717, 1.165) is 11.3 Å². The summed E-state index contributed by atoms with van der Waals surface area (Å²) in [6, 6.07) is 19.0. The van der Waals surface area contributed by atoms with Gasteiger partial charge in [0.2, 0.25) is 5.95 Å². The van der Waals surface area contributed by atoms with Crippen LogP contribution in [0.2, 0.25) is 0 Å². The number of benzene rings is 2. The number of hydrogen-bond acceptors (Lipinski definition) is 6. The third-order valence-corrected chi connectivity index (χ3v) is 3.74. The smallest absolute Gasteiger partial charge is 0.339 e. The Balaban J connectivity index is 1.79. The lowest BCUT2D eigenvalue weighted by Crippen LogP contribution is -2.08. The highest BCUT2D eigenvalue weighted by molar-refractivity contribution is 5.96. The molecule has 0 bridgehead atoms. The summed E-state index contributed by atoms with van der Waals surface area (Å²) in [6.45, 7) is 2.52. The lowest BCUT2D eigenvalue weighted by atomic mass is 10.2. The molecule has 0 saturated carbocycles. The molecule has 0 aliphatic heterocycles. The van der Waals surface area contributed by atoms with Crippen LogP contribution >= 0.6 is 0 Å². The first kappa shape index (κ1) is 17.4. The molecular formula is C20H20N4O2. The minimum Gasteiger partial charge on any atom is -0.465 e. The molecule has 1 heterocycles. The van der Waals surface area contributed by atoms with Crippen molar-refractivity contribution in [3.05, 3.63) is 77.5 Å². The first-order chi connectivity index (χ1) is 12.7. The van der Waals surface area contributed by atoms with E-state index in [-0.39, 0.29) is 0 Å². The lowest BCUT2D eigenvalue weighted by Gasteiger charge is -2.12. The van der Waals surface area contributed by atoms with Crippen molar-refractivity contribution in [2.75, 3.05) is 17.7 Å². The Labute approximate surface area is 152 Å². The minimum atomic E-state index is -0.402. The van der Waals surface area contributed by atoms with Crippen LogP contribution in [-0.4, -0.2) is 23.0 Å². The zero-order valence-corrected chi connectivity index (χ0v) is 14.7. The van der Waals surface area contributed by atoms with Gasteiger partial charge in [0, 0.05) is 18.3 Å². The van der Waals surface area contributed by atoms with Gasteiger partial charge in [-0.2, -0.15) is 4.98 Å². The second kappa shape index (κ2) is 8.11. The zero-order chi connectivity index (χ0) is 18.4. The van der Waals surface area contributed by atoms with E-state index in [1.54, 1.807) is 18.2 Å². The van der Waals surface area contributed by atoms with Crippen LogP contribution in [0, 0.1) is 6.92 Å². The zero-order valence-electron chi connectivity index (χ0n) is 14.7. The van der Waals surface area contributed by atoms with Gasteiger partial charge in [-0.1, -0.05) is 42.5 Å². The van der Waals surface area contributed by atoms with Gasteiger partial charge in [-0.05, 0) is 24.6 Å². The number of hydrogen-bond donors (Lipinski definition) is 2. The average Bonchev–Trinajstić information content (AvgIpc) is 2.66. The second-order valence-electron chi connectivity index (χ2n) is 5.72. The van der Waals surface area contributed by atoms with Gasteiger partial charge in [0.05, 0.1) is 18.4 Å². The van der Waals surface area contributed by atoms with Gasteiger partial charge < -0.3 is 15.4 Å². The van der Waals surface area contributed by atoms with Crippen LogP contribution in [0.1, 0.15) is 21.6 Å². The van der Waals surface area contributed by atoms with Crippen LogP contribution in [0.3, 0.4) is 0 Å². The highest BCUT2D eigenvalue weighted by Crippen LogP contribution is 2.21. The van der Waals surface area contributed by atoms with E-state index in [1.807, 2.05) is 49.4 Å². The van der Waals surface area contributed by atoms with Crippen molar-refractivity contribution < 1.29 is 9.53 Å². The fourth-order valence-corrected chi connectivity index (χ4v) is 2.51. The number of nitrogens with zero attached hydrogens (tertiary/aromatic N) is 2. The van der Waals surface area contributed by atoms with E-state index in [9.17, 15) is 4.79 Å². The third kappa shape index (κ3) is 4.36. The number of ether oxygens (including phenoxy) is 1. The quantitative estimate of drug-likeness (QED) is 0.658. The molecule has 3 rings (SSSR count). The molecule has 0 unspecified atom stereocenters. The van der Waals surface area contributed by atoms with Gasteiger partial charge in [0.15, 0.2) is 0 Å². The molecule has 26 heavy (non-hydrogen) atoms. The number of carbonyl (C=O) groups excluding carboxylic acids is 1. The number of para-hydroxylation sites is 1. The molecule has 2 N–H and O–H groups in total. The molecular weight excluding hydrogens is 328 g/mol. The molecule has 2 aromatic carbocycles. The first-order valence-corrected chi connectivity index (χ1v) is 8.23. The Morgan fingerprint density at radius 3 is 2.54 bits per heavy atom. The Morgan fingerprint density at radius 2 is 1.77 bits per heavy atom. The van der Waals surface area contributed by atoms with E-state index in [2.05, 4.69) is 20.6 Å². The number of carbonyl (C=O) groups is 1. The van der Waals surface area contributed by atoms with Crippen molar-refractivity contribution >= 4 is 23.4 Å². The number of anilines is 3. The largest absolute Gasteiger partial charge is 0.465 e. The summed E-state index contributed by atoms with van der Waals surface area (Å²) in [6.07, 6.45) is 0. The molecule has 132 valence electrons. The first-order valence-electron chi connectivity index (χ1n) is 8.23. The normalized spacial score (nSPS) is 10.2. The van der Waals surface area contributed by atoms with E-state index in [1.165, 1.54) is 7.11 Å². The van der Waals surface area contributed by atoms with Crippen molar-refractivity contribution in [2.45, 2.75) is 13.5 Å². The molecule has 0 aliphatic rings. The van der Waals surface area contributed by atoms with Gasteiger partial charge in [-0.15, -0.1) is 0 Å². The highest BCUT2D eigenvalue weighted by atomic mass is 16.5. The molecule has 0 spiro atoms. The van der Waals surface area contributed by atoms with Crippen LogP contribution in [-0.2, 0) is 11.3 Å². The van der Waals surface area contributed by atoms with Crippen LogP contribution in [0.5, 0.6) is 0 Å². The predicted octanol–water partition coefficient (Wildman–Crippen LogP) is 3.93. The molecule has 0 amide bonds. The molecule has 3 aromatic rings. The fraction of sp³-hybridized carbons (Fsp3) is 0.150. The Kier molecular flexibility index (Phi) is 5.43. The molecule has 0 saturated heterocycles. The monoisotopic (exact) mass is 348 g/mol. The van der Waals surface area contributed by atoms with E-state index >= 15 is 0 Å². The SMILES string of the molecule is COC(=O)c1ccccc1Nc1cc(C)nc(NCc2ccccc2)n1. The van der Waals surface area contributed by atoms with Crippen molar-refractivity contribution in [2.24, 2.45) is 0 Å². The predicted molar refractivity (Wildman–Crippen MR) is 102 cm³/mol. The van der Waals surface area contributed by atoms with Gasteiger partial charge in [0.25, 0.3) is 0 Å². The third-order valence-electron chi connectivity index (χ3n) is 3.74. The fourth-order valence-electron chi connectivity index (χ4n) is 2.51. The number of aromatic nitrogens is 2. The summed E-state index contributed by atoms with van der Waals surface area (Å²) in [5, 5.41) is 6.40. The van der Waals surface area contributed by atoms with E-state index < -0.39 is 5.97 Å². The maximum absolute atomic E-state index is 11.9. The second-order valence-corrected chi connectivity index (χ2v) is 5.72. The summed E-state index contributed by atoms with van der Waals surface area (Å²) < 4.78 is 4.83. The summed E-state index contributed by atoms with van der Waals surface area (Å²) in [7, 11) is 1.36. The summed E-state index contributed by atoms with van der Waals surface area (Å²) >= 11 is 0. The lowest BCUT2D eigenvalue weighted by molar-refractivity contribution is 0.0602. The Morgan fingerprint density at radius 1 is 1.04 bits per heavy atom. The highest BCUT2D eigenvalue weighted by Gasteiger charge is 2.12. The van der Waals surface area contributed by atoms with E-state index in [4.69, 9.17) is 4.74 Å². The van der Waals surface area contributed by atoms with Crippen molar-refractivity contribution in [1.29, 1.82) is 0 Å². The van der Waals surface area contributed by atoms with Crippen molar-refractivity contribution in [1.82, 2.24) is 9.97 Å². The van der Waals surface area contributed by atoms with Crippen LogP contribution in [0.15, 0.2) is 60.7 Å². The van der Waals surface area contributed by atoms with Crippen molar-refractivity contribution in [3.8, 4) is 0 Å². The molecule has 0 aliphatic carbocycles. The minimum absolute atomic E-state index is 0.402. The van der Waals surface area contributed by atoms with Crippen LogP contribution < -0.4 is 10.6 Å². The van der Waals surface area contributed by atoms with Gasteiger partial charge >= 0.3 is 5.97 Å². The standard InChI is InChI=1S/C20H20N4O2/c1-14-12-18(23-17-11-7-6-10-16(17)19(25)26-2)24-20(22-14)21-13-15-8-4-3-5-9-15/h3-12H,13H2,1-2H3,(H2,21,22,23,24). The summed E-state index contributed by atoms with van der Waals surface area (Å²) in [5.41, 5.74) is 3.04. The number of aryl methyl sites for hydroxylation is 1. The summed E-state index contributed by atoms with van der Waals surface area (Å²) in [4.78, 5) is 20.8. The molecule has 0 radical (unpaired) electrons. The van der Waals surface area contributed by atoms with Crippen LogP contribution in [0.4, 0.5) is 17.5 Å². The number of esters is 1. The van der Waals surface area contributed by atoms with Gasteiger partial charge in [-0.3, -0.25) is 0 Å². The summed E-state index contributed by atoms with van der Waals surface area (Å²) in [5.74, 6) is 0.720. The number of nitrogens with one attached hydrogen (secondary N) is 2. The average molecular weight is 348 g/mol. The molecule has 1 aromatic heterocycles. The topological polar surface area (TPSA) is 76.1 Å². The van der Waals surface area contributed by atoms with Gasteiger partial charge in [-0.25, -0.2) is 9.78 Å². The number of methoxy groups -OCH3 is 1. The molecule has 0 fully saturated rings. The Hall–Kier alpha value is -3.41. The number of rotatable bonds is 6. The molecule has 6 nitrogen and oxygen atoms in total. The molecule has 0 atom stereocenters. The van der Waals surface area contributed by atoms with Crippen molar-refractivity contribution in [3.63, 3.8) is 0 Å². The van der Waals surface area contributed by atoms with E-state index in [0.29, 0.717) is 29.6 Å². The van der Waals surface area contributed by atoms with Crippen LogP contribution in [0.25, 0.3) is 0 Å². The maximum atomic E-state index is 11.9. The maximum Gasteiger partial charge on any atom is 0.339 e.